The van der Waals surface area contributed by atoms with Crippen LogP contribution in [-0.2, 0) is 6.42 Å². The van der Waals surface area contributed by atoms with Gasteiger partial charge in [0.05, 0.1) is 30.7 Å². The summed E-state index contributed by atoms with van der Waals surface area (Å²) in [5.41, 5.74) is 2.41. The molecule has 2 aromatic rings. The molecule has 21 heavy (non-hydrogen) atoms. The summed E-state index contributed by atoms with van der Waals surface area (Å²) < 4.78 is 5.34. The highest BCUT2D eigenvalue weighted by molar-refractivity contribution is 7.10. The van der Waals surface area contributed by atoms with Gasteiger partial charge in [-0.25, -0.2) is 0 Å². The highest BCUT2D eigenvalue weighted by Crippen LogP contribution is 2.38. The van der Waals surface area contributed by atoms with E-state index in [0.29, 0.717) is 6.04 Å². The van der Waals surface area contributed by atoms with Gasteiger partial charge in [0.1, 0.15) is 5.75 Å². The van der Waals surface area contributed by atoms with E-state index in [9.17, 15) is 0 Å². The Morgan fingerprint density at radius 3 is 3.14 bits per heavy atom. The van der Waals surface area contributed by atoms with Crippen LogP contribution in [0.5, 0.6) is 5.75 Å². The van der Waals surface area contributed by atoms with Crippen LogP contribution >= 0.6 is 11.3 Å². The zero-order valence-corrected chi connectivity index (χ0v) is 13.3. The van der Waals surface area contributed by atoms with Crippen LogP contribution in [0.3, 0.4) is 0 Å². The van der Waals surface area contributed by atoms with Crippen LogP contribution in [0.1, 0.15) is 23.0 Å². The molecule has 0 amide bonds. The average molecular weight is 303 g/mol. The largest absolute Gasteiger partial charge is 0.495 e. The molecule has 4 nitrogen and oxygen atoms in total. The predicted molar refractivity (Wildman–Crippen MR) is 87.4 cm³/mol. The van der Waals surface area contributed by atoms with E-state index in [1.165, 1.54) is 16.3 Å². The van der Waals surface area contributed by atoms with Crippen LogP contribution in [0.25, 0.3) is 0 Å². The van der Waals surface area contributed by atoms with Crippen molar-refractivity contribution in [2.24, 2.45) is 0 Å². The van der Waals surface area contributed by atoms with Gasteiger partial charge >= 0.3 is 0 Å². The van der Waals surface area contributed by atoms with Gasteiger partial charge in [0.25, 0.3) is 0 Å². The summed E-state index contributed by atoms with van der Waals surface area (Å²) in [5.74, 6) is 0.833. The zero-order chi connectivity index (χ0) is 14.7. The van der Waals surface area contributed by atoms with E-state index >= 15 is 0 Å². The number of fused-ring (bicyclic) bond motifs is 1. The number of nitrogens with zero attached hydrogens (tertiary/aromatic N) is 2. The maximum Gasteiger partial charge on any atom is 0.139 e. The molecular formula is C16H21N3OS. The van der Waals surface area contributed by atoms with Crippen molar-refractivity contribution in [3.05, 3.63) is 40.3 Å². The fourth-order valence-corrected chi connectivity index (χ4v) is 3.77. The van der Waals surface area contributed by atoms with Crippen molar-refractivity contribution in [2.45, 2.75) is 18.9 Å². The molecule has 0 bridgehead atoms. The quantitative estimate of drug-likeness (QED) is 0.890. The summed E-state index contributed by atoms with van der Waals surface area (Å²) in [7, 11) is 3.70. The lowest BCUT2D eigenvalue weighted by Crippen LogP contribution is -2.28. The molecule has 0 unspecified atom stereocenters. The number of hydrogen-bond acceptors (Lipinski definition) is 5. The SMILES string of the molecule is CNCC[C@@H](c1cccs1)N1CCc2ncc(OC)cc21. The number of pyridine rings is 1. The van der Waals surface area contributed by atoms with Crippen molar-refractivity contribution < 1.29 is 4.74 Å². The molecule has 0 saturated carbocycles. The molecule has 1 N–H and O–H groups in total. The molecule has 2 aromatic heterocycles. The van der Waals surface area contributed by atoms with Crippen molar-refractivity contribution >= 4 is 17.0 Å². The Labute approximate surface area is 129 Å². The number of ether oxygens (including phenoxy) is 1. The van der Waals surface area contributed by atoms with Gasteiger partial charge in [0.2, 0.25) is 0 Å². The molecule has 1 atom stereocenters. The second-order valence-electron chi connectivity index (χ2n) is 5.21. The van der Waals surface area contributed by atoms with Gasteiger partial charge in [-0.05, 0) is 31.5 Å². The molecule has 0 radical (unpaired) electrons. The van der Waals surface area contributed by atoms with Crippen LogP contribution in [0.2, 0.25) is 0 Å². The number of hydrogen-bond donors (Lipinski definition) is 1. The number of rotatable bonds is 6. The van der Waals surface area contributed by atoms with E-state index in [0.717, 1.165) is 31.7 Å². The summed E-state index contributed by atoms with van der Waals surface area (Å²) in [6.07, 6.45) is 3.92. The Hall–Kier alpha value is -1.59. The molecule has 0 saturated heterocycles. The molecule has 112 valence electrons. The third-order valence-corrected chi connectivity index (χ3v) is 4.95. The van der Waals surface area contributed by atoms with E-state index < -0.39 is 0 Å². The summed E-state index contributed by atoms with van der Waals surface area (Å²) in [4.78, 5) is 8.44. The minimum Gasteiger partial charge on any atom is -0.495 e. The Morgan fingerprint density at radius 2 is 2.43 bits per heavy atom. The molecule has 5 heteroatoms. The first-order chi connectivity index (χ1) is 10.3. The van der Waals surface area contributed by atoms with Gasteiger partial charge in [-0.15, -0.1) is 11.3 Å². The fraction of sp³-hybridized carbons (Fsp3) is 0.438. The van der Waals surface area contributed by atoms with Crippen molar-refractivity contribution in [1.29, 1.82) is 0 Å². The van der Waals surface area contributed by atoms with E-state index in [1.54, 1.807) is 7.11 Å². The Bertz CT molecular complexity index is 585. The summed E-state index contributed by atoms with van der Waals surface area (Å²) in [6.45, 7) is 2.04. The molecule has 0 spiro atoms. The first-order valence-electron chi connectivity index (χ1n) is 7.31. The maximum atomic E-state index is 5.34. The lowest BCUT2D eigenvalue weighted by Gasteiger charge is -2.29. The first kappa shape index (κ1) is 14.4. The molecule has 0 aromatic carbocycles. The highest BCUT2D eigenvalue weighted by atomic mass is 32.1. The standard InChI is InChI=1S/C16H21N3OS/c1-17-7-5-14(16-4-3-9-21-16)19-8-6-13-15(19)10-12(20-2)11-18-13/h3-4,9-11,14,17H,5-8H2,1-2H3/t14-/m0/s1. The predicted octanol–water partition coefficient (Wildman–Crippen LogP) is 2.87. The molecule has 3 heterocycles. The number of aromatic nitrogens is 1. The van der Waals surface area contributed by atoms with Crippen LogP contribution in [-0.4, -0.2) is 32.2 Å². The van der Waals surface area contributed by atoms with Gasteiger partial charge < -0.3 is 15.0 Å². The second kappa shape index (κ2) is 6.45. The molecular weight excluding hydrogens is 282 g/mol. The van der Waals surface area contributed by atoms with Crippen molar-refractivity contribution in [3.8, 4) is 5.75 Å². The summed E-state index contributed by atoms with van der Waals surface area (Å²) in [6, 6.07) is 6.90. The smallest absolute Gasteiger partial charge is 0.139 e. The van der Waals surface area contributed by atoms with Crippen molar-refractivity contribution in [2.75, 3.05) is 32.1 Å². The van der Waals surface area contributed by atoms with Gasteiger partial charge in [0, 0.05) is 23.9 Å². The fourth-order valence-electron chi connectivity index (χ4n) is 2.90. The maximum absolute atomic E-state index is 5.34. The van der Waals surface area contributed by atoms with Crippen LogP contribution < -0.4 is 15.0 Å². The summed E-state index contributed by atoms with van der Waals surface area (Å²) in [5, 5.41) is 5.42. The van der Waals surface area contributed by atoms with Crippen molar-refractivity contribution in [3.63, 3.8) is 0 Å². The average Bonchev–Trinajstić information content (AvgIpc) is 3.17. The monoisotopic (exact) mass is 303 g/mol. The van der Waals surface area contributed by atoms with Gasteiger partial charge in [-0.3, -0.25) is 4.98 Å². The van der Waals surface area contributed by atoms with E-state index in [1.807, 2.05) is 24.6 Å². The van der Waals surface area contributed by atoms with Crippen LogP contribution in [0, 0.1) is 0 Å². The van der Waals surface area contributed by atoms with E-state index in [2.05, 4.69) is 38.8 Å². The van der Waals surface area contributed by atoms with Gasteiger partial charge in [-0.1, -0.05) is 6.07 Å². The lowest BCUT2D eigenvalue weighted by atomic mass is 10.1. The minimum atomic E-state index is 0.410. The normalized spacial score (nSPS) is 15.0. The van der Waals surface area contributed by atoms with Gasteiger partial charge in [-0.2, -0.15) is 0 Å². The Morgan fingerprint density at radius 1 is 1.52 bits per heavy atom. The van der Waals surface area contributed by atoms with Crippen LogP contribution in [0.4, 0.5) is 5.69 Å². The molecule has 0 fully saturated rings. The third kappa shape index (κ3) is 2.89. The number of anilines is 1. The lowest BCUT2D eigenvalue weighted by molar-refractivity contribution is 0.412. The zero-order valence-electron chi connectivity index (χ0n) is 12.5. The Kier molecular flexibility index (Phi) is 4.41. The minimum absolute atomic E-state index is 0.410. The first-order valence-corrected chi connectivity index (χ1v) is 8.19. The second-order valence-corrected chi connectivity index (χ2v) is 6.19. The molecule has 1 aliphatic heterocycles. The third-order valence-electron chi connectivity index (χ3n) is 3.97. The Balaban J connectivity index is 1.91. The summed E-state index contributed by atoms with van der Waals surface area (Å²) >= 11 is 1.83. The van der Waals surface area contributed by atoms with Crippen molar-refractivity contribution in [1.82, 2.24) is 10.3 Å². The molecule has 1 aliphatic rings. The van der Waals surface area contributed by atoms with Gasteiger partial charge in [0.15, 0.2) is 0 Å². The topological polar surface area (TPSA) is 37.4 Å². The molecule has 3 rings (SSSR count). The van der Waals surface area contributed by atoms with E-state index in [4.69, 9.17) is 4.74 Å². The van der Waals surface area contributed by atoms with Crippen LogP contribution in [0.15, 0.2) is 29.8 Å². The number of methoxy groups -OCH3 is 1. The van der Waals surface area contributed by atoms with E-state index in [-0.39, 0.29) is 0 Å². The highest BCUT2D eigenvalue weighted by Gasteiger charge is 2.28. The molecule has 0 aliphatic carbocycles. The number of thiophene rings is 1. The number of nitrogens with one attached hydrogen (secondary N) is 1.